The molecule has 4 unspecified atom stereocenters. The molecule has 4 aliphatic rings. The molecule has 0 amide bonds. The summed E-state index contributed by atoms with van der Waals surface area (Å²) in [5.41, 5.74) is 0.0498. The van der Waals surface area contributed by atoms with Crippen molar-refractivity contribution in [2.24, 2.45) is 11.8 Å². The van der Waals surface area contributed by atoms with Gasteiger partial charge in [0, 0.05) is 14.2 Å². The lowest BCUT2D eigenvalue weighted by Crippen LogP contribution is -2.61. The van der Waals surface area contributed by atoms with E-state index in [1.165, 1.54) is 25.7 Å². The third-order valence-electron chi connectivity index (χ3n) is 4.55. The molecule has 0 aliphatic heterocycles. The standard InChI is InChI=1S/C12H19O2/c1-13-11-10-4-8-3-9(5-10)7-12(11,6-8)14-2/h8,10-11H,3-7H2,1-2H3. The zero-order valence-electron chi connectivity index (χ0n) is 9.08. The summed E-state index contributed by atoms with van der Waals surface area (Å²) in [6.07, 6.45) is 6.79. The van der Waals surface area contributed by atoms with Gasteiger partial charge in [0.1, 0.15) is 0 Å². The Balaban J connectivity index is 1.94. The summed E-state index contributed by atoms with van der Waals surface area (Å²) in [6, 6.07) is 0. The fourth-order valence-electron chi connectivity index (χ4n) is 4.30. The van der Waals surface area contributed by atoms with Crippen LogP contribution in [0, 0.1) is 17.8 Å². The van der Waals surface area contributed by atoms with Crippen LogP contribution in [0.25, 0.3) is 0 Å². The van der Waals surface area contributed by atoms with Crippen molar-refractivity contribution in [1.82, 2.24) is 0 Å². The highest BCUT2D eigenvalue weighted by atomic mass is 16.5. The maximum absolute atomic E-state index is 5.81. The highest BCUT2D eigenvalue weighted by molar-refractivity contribution is 5.19. The Morgan fingerprint density at radius 2 is 2.14 bits per heavy atom. The Morgan fingerprint density at radius 3 is 2.79 bits per heavy atom. The van der Waals surface area contributed by atoms with Crippen LogP contribution in [0.15, 0.2) is 0 Å². The van der Waals surface area contributed by atoms with E-state index < -0.39 is 0 Å². The van der Waals surface area contributed by atoms with Crippen molar-refractivity contribution in [1.29, 1.82) is 0 Å². The zero-order chi connectivity index (χ0) is 9.76. The van der Waals surface area contributed by atoms with Gasteiger partial charge in [-0.25, -0.2) is 0 Å². The monoisotopic (exact) mass is 195 g/mol. The minimum Gasteiger partial charge on any atom is -0.378 e. The van der Waals surface area contributed by atoms with Crippen LogP contribution < -0.4 is 0 Å². The minimum absolute atomic E-state index is 0.0498. The third-order valence-corrected chi connectivity index (χ3v) is 4.55. The van der Waals surface area contributed by atoms with E-state index in [1.54, 1.807) is 5.92 Å². The summed E-state index contributed by atoms with van der Waals surface area (Å²) in [4.78, 5) is 0. The quantitative estimate of drug-likeness (QED) is 0.672. The molecule has 0 spiro atoms. The second kappa shape index (κ2) is 2.96. The summed E-state index contributed by atoms with van der Waals surface area (Å²) in [5, 5.41) is 0. The van der Waals surface area contributed by atoms with Gasteiger partial charge < -0.3 is 9.47 Å². The predicted octanol–water partition coefficient (Wildman–Crippen LogP) is 2.18. The van der Waals surface area contributed by atoms with Gasteiger partial charge in [0.25, 0.3) is 0 Å². The average Bonchev–Trinajstić information content (AvgIpc) is 2.16. The molecular weight excluding hydrogens is 176 g/mol. The van der Waals surface area contributed by atoms with E-state index in [1.807, 2.05) is 14.2 Å². The van der Waals surface area contributed by atoms with Gasteiger partial charge in [-0.05, 0) is 49.9 Å². The average molecular weight is 195 g/mol. The second-order valence-electron chi connectivity index (χ2n) is 5.33. The summed E-state index contributed by atoms with van der Waals surface area (Å²) in [7, 11) is 3.71. The van der Waals surface area contributed by atoms with E-state index in [4.69, 9.17) is 9.47 Å². The van der Waals surface area contributed by atoms with E-state index in [2.05, 4.69) is 0 Å². The molecule has 4 atom stereocenters. The van der Waals surface area contributed by atoms with Crippen LogP contribution in [0.2, 0.25) is 0 Å². The van der Waals surface area contributed by atoms with Gasteiger partial charge in [-0.15, -0.1) is 0 Å². The van der Waals surface area contributed by atoms with Crippen LogP contribution in [0.1, 0.15) is 32.1 Å². The van der Waals surface area contributed by atoms with E-state index in [-0.39, 0.29) is 5.60 Å². The van der Waals surface area contributed by atoms with Crippen LogP contribution in [-0.4, -0.2) is 25.9 Å². The SMILES string of the molecule is COC1C2C[C]3CC(C2)CC1(OC)C3. The molecule has 0 N–H and O–H groups in total. The molecule has 4 rings (SSSR count). The molecule has 14 heavy (non-hydrogen) atoms. The first-order valence-electron chi connectivity index (χ1n) is 5.69. The third kappa shape index (κ3) is 1.04. The maximum Gasteiger partial charge on any atom is 0.0949 e. The van der Waals surface area contributed by atoms with Crippen molar-refractivity contribution in [3.05, 3.63) is 5.92 Å². The molecule has 0 aromatic carbocycles. The van der Waals surface area contributed by atoms with E-state index in [0.29, 0.717) is 6.10 Å². The van der Waals surface area contributed by atoms with Gasteiger partial charge in [0.15, 0.2) is 0 Å². The topological polar surface area (TPSA) is 18.5 Å². The number of hydrogen-bond donors (Lipinski definition) is 0. The van der Waals surface area contributed by atoms with Crippen molar-refractivity contribution in [3.63, 3.8) is 0 Å². The number of hydrogen-bond acceptors (Lipinski definition) is 2. The molecule has 79 valence electrons. The van der Waals surface area contributed by atoms with E-state index >= 15 is 0 Å². The molecule has 2 nitrogen and oxygen atoms in total. The lowest BCUT2D eigenvalue weighted by Gasteiger charge is -2.59. The smallest absolute Gasteiger partial charge is 0.0949 e. The van der Waals surface area contributed by atoms with Crippen molar-refractivity contribution in [2.45, 2.75) is 43.8 Å². The second-order valence-corrected chi connectivity index (χ2v) is 5.33. The van der Waals surface area contributed by atoms with Crippen LogP contribution in [0.3, 0.4) is 0 Å². The number of ether oxygens (including phenoxy) is 2. The Bertz CT molecular complexity index is 224. The molecule has 2 heteroatoms. The molecule has 4 bridgehead atoms. The lowest BCUT2D eigenvalue weighted by atomic mass is 9.53. The van der Waals surface area contributed by atoms with Crippen LogP contribution >= 0.6 is 0 Å². The molecule has 0 saturated heterocycles. The lowest BCUT2D eigenvalue weighted by molar-refractivity contribution is -0.203. The van der Waals surface area contributed by atoms with Crippen LogP contribution in [0.4, 0.5) is 0 Å². The first kappa shape index (κ1) is 9.17. The maximum atomic E-state index is 5.81. The molecule has 0 heterocycles. The molecule has 1 radical (unpaired) electrons. The highest BCUT2D eigenvalue weighted by Gasteiger charge is 2.58. The molecule has 4 fully saturated rings. The van der Waals surface area contributed by atoms with Gasteiger partial charge >= 0.3 is 0 Å². The fourth-order valence-corrected chi connectivity index (χ4v) is 4.30. The Labute approximate surface area is 86.0 Å². The highest BCUT2D eigenvalue weighted by Crippen LogP contribution is 2.58. The first-order valence-corrected chi connectivity index (χ1v) is 5.69. The summed E-state index contributed by atoms with van der Waals surface area (Å²) >= 11 is 0. The summed E-state index contributed by atoms with van der Waals surface area (Å²) < 4.78 is 11.5. The van der Waals surface area contributed by atoms with Gasteiger partial charge in [0.05, 0.1) is 11.7 Å². The van der Waals surface area contributed by atoms with Gasteiger partial charge in [0.2, 0.25) is 0 Å². The summed E-state index contributed by atoms with van der Waals surface area (Å²) in [6.45, 7) is 0. The van der Waals surface area contributed by atoms with Crippen molar-refractivity contribution >= 4 is 0 Å². The molecule has 4 saturated carbocycles. The molecule has 0 aromatic heterocycles. The predicted molar refractivity (Wildman–Crippen MR) is 53.8 cm³/mol. The Morgan fingerprint density at radius 1 is 1.29 bits per heavy atom. The zero-order valence-corrected chi connectivity index (χ0v) is 9.08. The van der Waals surface area contributed by atoms with Gasteiger partial charge in [-0.3, -0.25) is 0 Å². The first-order chi connectivity index (χ1) is 6.77. The van der Waals surface area contributed by atoms with Crippen LogP contribution in [0.5, 0.6) is 0 Å². The van der Waals surface area contributed by atoms with Gasteiger partial charge in [-0.2, -0.15) is 0 Å². The molecule has 4 aliphatic carbocycles. The summed E-state index contributed by atoms with van der Waals surface area (Å²) in [5.74, 6) is 3.38. The number of methoxy groups -OCH3 is 2. The van der Waals surface area contributed by atoms with Crippen molar-refractivity contribution in [2.75, 3.05) is 14.2 Å². The van der Waals surface area contributed by atoms with Gasteiger partial charge in [-0.1, -0.05) is 0 Å². The molecular formula is C12H19O2. The largest absolute Gasteiger partial charge is 0.378 e. The number of rotatable bonds is 2. The fraction of sp³-hybridized carbons (Fsp3) is 0.917. The minimum atomic E-state index is 0.0498. The van der Waals surface area contributed by atoms with Crippen LogP contribution in [-0.2, 0) is 9.47 Å². The Hall–Kier alpha value is -0.0800. The van der Waals surface area contributed by atoms with Crippen molar-refractivity contribution in [3.8, 4) is 0 Å². The Kier molecular flexibility index (Phi) is 1.94. The van der Waals surface area contributed by atoms with E-state index in [0.717, 1.165) is 18.3 Å². The van der Waals surface area contributed by atoms with Crippen molar-refractivity contribution < 1.29 is 9.47 Å². The van der Waals surface area contributed by atoms with E-state index in [9.17, 15) is 0 Å². The normalized spacial score (nSPS) is 51.4. The molecule has 0 aromatic rings.